The van der Waals surface area contributed by atoms with Crippen molar-refractivity contribution in [3.8, 4) is 0 Å². The Morgan fingerprint density at radius 2 is 1.86 bits per heavy atom. The van der Waals surface area contributed by atoms with Crippen LogP contribution in [0.15, 0.2) is 12.3 Å². The van der Waals surface area contributed by atoms with Gasteiger partial charge in [0.15, 0.2) is 0 Å². The zero-order valence-electron chi connectivity index (χ0n) is 10.2. The second kappa shape index (κ2) is 7.18. The minimum atomic E-state index is 0.581. The van der Waals surface area contributed by atoms with Crippen LogP contribution < -0.4 is 0 Å². The van der Waals surface area contributed by atoms with E-state index in [1.165, 1.54) is 17.2 Å². The Morgan fingerprint density at radius 1 is 1.29 bits per heavy atom. The fraction of sp³-hybridized carbons (Fsp3) is 0.818. The lowest BCUT2D eigenvalue weighted by molar-refractivity contribution is 0.436. The third kappa shape index (κ3) is 6.33. The largest absolute Gasteiger partial charge is 0.381 e. The Labute approximate surface area is 93.3 Å². The first-order valence-electron chi connectivity index (χ1n) is 5.03. The Balaban J connectivity index is 3.54. The first-order chi connectivity index (χ1) is 6.45. The van der Waals surface area contributed by atoms with Crippen molar-refractivity contribution < 1.29 is 0 Å². The van der Waals surface area contributed by atoms with Gasteiger partial charge in [-0.2, -0.15) is 11.8 Å². The van der Waals surface area contributed by atoms with Gasteiger partial charge >= 0.3 is 0 Å². The quantitative estimate of drug-likeness (QED) is 0.601. The fourth-order valence-corrected chi connectivity index (χ4v) is 2.25. The number of hydrogen-bond donors (Lipinski definition) is 0. The molecule has 14 heavy (non-hydrogen) atoms. The van der Waals surface area contributed by atoms with E-state index in [1.54, 1.807) is 0 Å². The molecule has 0 bridgehead atoms. The molecule has 84 valence electrons. The van der Waals surface area contributed by atoms with Gasteiger partial charge in [-0.05, 0) is 14.1 Å². The molecule has 0 aliphatic heterocycles. The zero-order chi connectivity index (χ0) is 11.1. The highest BCUT2D eigenvalue weighted by Gasteiger charge is 2.07. The molecule has 0 aromatic heterocycles. The topological polar surface area (TPSA) is 6.48 Å². The van der Waals surface area contributed by atoms with E-state index in [0.29, 0.717) is 5.92 Å². The summed E-state index contributed by atoms with van der Waals surface area (Å²) in [5.74, 6) is 2.96. The lowest BCUT2D eigenvalue weighted by Crippen LogP contribution is -2.19. The van der Waals surface area contributed by atoms with Crippen LogP contribution in [-0.2, 0) is 0 Å². The summed E-state index contributed by atoms with van der Waals surface area (Å²) in [5, 5.41) is 0. The van der Waals surface area contributed by atoms with Crippen molar-refractivity contribution in [1.82, 2.24) is 9.80 Å². The summed E-state index contributed by atoms with van der Waals surface area (Å²) in [6.07, 6.45) is 0. The van der Waals surface area contributed by atoms with Crippen LogP contribution in [0.25, 0.3) is 0 Å². The van der Waals surface area contributed by atoms with E-state index in [0.717, 1.165) is 6.54 Å². The van der Waals surface area contributed by atoms with Gasteiger partial charge in [0.05, 0.1) is 0 Å². The summed E-state index contributed by atoms with van der Waals surface area (Å²) in [7, 11) is 8.35. The maximum atomic E-state index is 4.07. The molecular formula is C11H24N2S. The van der Waals surface area contributed by atoms with Crippen LogP contribution >= 0.6 is 11.8 Å². The monoisotopic (exact) mass is 216 g/mol. The predicted molar refractivity (Wildman–Crippen MR) is 67.9 cm³/mol. The summed E-state index contributed by atoms with van der Waals surface area (Å²) >= 11 is 2.01. The predicted octanol–water partition coefficient (Wildman–Crippen LogP) is 1.99. The van der Waals surface area contributed by atoms with Crippen molar-refractivity contribution in [1.29, 1.82) is 0 Å². The summed E-state index contributed by atoms with van der Waals surface area (Å²) in [5.41, 5.74) is 1.22. The van der Waals surface area contributed by atoms with Gasteiger partial charge in [-0.15, -0.1) is 0 Å². The highest BCUT2D eigenvalue weighted by atomic mass is 32.2. The molecule has 2 nitrogen and oxygen atoms in total. The van der Waals surface area contributed by atoms with E-state index in [-0.39, 0.29) is 0 Å². The van der Waals surface area contributed by atoms with Crippen molar-refractivity contribution in [2.45, 2.75) is 6.92 Å². The summed E-state index contributed by atoms with van der Waals surface area (Å²) in [6, 6.07) is 0. The molecular weight excluding hydrogens is 192 g/mol. The van der Waals surface area contributed by atoms with Gasteiger partial charge in [-0.3, -0.25) is 0 Å². The van der Waals surface area contributed by atoms with E-state index in [9.17, 15) is 0 Å². The van der Waals surface area contributed by atoms with Crippen LogP contribution in [0.1, 0.15) is 6.92 Å². The number of allylic oxidation sites excluding steroid dienone is 1. The van der Waals surface area contributed by atoms with E-state index < -0.39 is 0 Å². The fourth-order valence-electron chi connectivity index (χ4n) is 1.04. The highest BCUT2D eigenvalue weighted by Crippen LogP contribution is 2.16. The molecule has 0 spiro atoms. The molecule has 0 unspecified atom stereocenters. The lowest BCUT2D eigenvalue weighted by atomic mass is 10.1. The third-order valence-electron chi connectivity index (χ3n) is 2.19. The van der Waals surface area contributed by atoms with Crippen LogP contribution in [-0.4, -0.2) is 56.0 Å². The number of thioether (sulfide) groups is 1. The van der Waals surface area contributed by atoms with Gasteiger partial charge in [0.2, 0.25) is 0 Å². The average molecular weight is 216 g/mol. The normalized spacial score (nSPS) is 13.0. The molecule has 0 N–H and O–H groups in total. The van der Waals surface area contributed by atoms with Crippen LogP contribution in [0.5, 0.6) is 0 Å². The molecule has 1 atom stereocenters. The molecule has 0 saturated carbocycles. The summed E-state index contributed by atoms with van der Waals surface area (Å²) < 4.78 is 0. The molecule has 0 fully saturated rings. The molecule has 3 heteroatoms. The molecule has 0 heterocycles. The van der Waals surface area contributed by atoms with Crippen LogP contribution in [0.3, 0.4) is 0 Å². The molecule has 0 radical (unpaired) electrons. The van der Waals surface area contributed by atoms with Gasteiger partial charge < -0.3 is 9.80 Å². The van der Waals surface area contributed by atoms with Crippen molar-refractivity contribution in [2.24, 2.45) is 5.92 Å². The second-order valence-electron chi connectivity index (χ2n) is 4.17. The molecule has 0 aliphatic carbocycles. The van der Waals surface area contributed by atoms with Crippen LogP contribution in [0, 0.1) is 5.92 Å². The zero-order valence-corrected chi connectivity index (χ0v) is 11.0. The number of nitrogens with zero attached hydrogens (tertiary/aromatic N) is 2. The lowest BCUT2D eigenvalue weighted by Gasteiger charge is -2.22. The highest BCUT2D eigenvalue weighted by molar-refractivity contribution is 7.99. The maximum Gasteiger partial charge on any atom is 0.00915 e. The standard InChI is InChI=1S/C11H24N2S/c1-10(11(2)13(5)6)9-14-8-7-12(3)4/h10H,2,7-9H2,1,3-6H3/t10-/m1/s1. The Bertz CT molecular complexity index is 167. The van der Waals surface area contributed by atoms with Crippen molar-refractivity contribution >= 4 is 11.8 Å². The Morgan fingerprint density at radius 3 is 2.29 bits per heavy atom. The molecule has 0 rings (SSSR count). The van der Waals surface area contributed by atoms with Crippen molar-refractivity contribution in [2.75, 3.05) is 46.2 Å². The molecule has 0 aliphatic rings. The summed E-state index contributed by atoms with van der Waals surface area (Å²) in [6.45, 7) is 7.47. The van der Waals surface area contributed by atoms with E-state index >= 15 is 0 Å². The van der Waals surface area contributed by atoms with Gasteiger partial charge in [-0.25, -0.2) is 0 Å². The van der Waals surface area contributed by atoms with Crippen LogP contribution in [0.4, 0.5) is 0 Å². The molecule has 0 saturated heterocycles. The first kappa shape index (κ1) is 13.8. The van der Waals surface area contributed by atoms with Gasteiger partial charge in [0.25, 0.3) is 0 Å². The summed E-state index contributed by atoms with van der Waals surface area (Å²) in [4.78, 5) is 4.33. The number of rotatable bonds is 7. The first-order valence-corrected chi connectivity index (χ1v) is 6.19. The van der Waals surface area contributed by atoms with Crippen molar-refractivity contribution in [3.05, 3.63) is 12.3 Å². The average Bonchev–Trinajstić information content (AvgIpc) is 2.10. The van der Waals surface area contributed by atoms with E-state index in [2.05, 4.69) is 51.5 Å². The molecule has 0 aromatic rings. The number of hydrogen-bond acceptors (Lipinski definition) is 3. The minimum Gasteiger partial charge on any atom is -0.381 e. The van der Waals surface area contributed by atoms with E-state index in [1.807, 2.05) is 11.8 Å². The second-order valence-corrected chi connectivity index (χ2v) is 5.31. The van der Waals surface area contributed by atoms with Gasteiger partial charge in [-0.1, -0.05) is 13.5 Å². The molecule has 0 aromatic carbocycles. The van der Waals surface area contributed by atoms with Gasteiger partial charge in [0.1, 0.15) is 0 Å². The smallest absolute Gasteiger partial charge is 0.00915 e. The third-order valence-corrected chi connectivity index (χ3v) is 3.40. The maximum absolute atomic E-state index is 4.07. The minimum absolute atomic E-state index is 0.581. The van der Waals surface area contributed by atoms with Gasteiger partial charge in [0, 0.05) is 43.8 Å². The molecule has 0 amide bonds. The Kier molecular flexibility index (Phi) is 7.11. The SMILES string of the molecule is C=C([C@H](C)CSCCN(C)C)N(C)C. The Hall–Kier alpha value is -0.150. The van der Waals surface area contributed by atoms with Crippen molar-refractivity contribution in [3.63, 3.8) is 0 Å². The van der Waals surface area contributed by atoms with Crippen LogP contribution in [0.2, 0.25) is 0 Å². The van der Waals surface area contributed by atoms with E-state index in [4.69, 9.17) is 0 Å².